The van der Waals surface area contributed by atoms with Gasteiger partial charge in [0.15, 0.2) is 5.78 Å². The summed E-state index contributed by atoms with van der Waals surface area (Å²) in [5.74, 6) is 1.38. The quantitative estimate of drug-likeness (QED) is 0.256. The highest BCUT2D eigenvalue weighted by Crippen LogP contribution is 2.42. The zero-order chi connectivity index (χ0) is 28.5. The number of benzene rings is 1. The van der Waals surface area contributed by atoms with Gasteiger partial charge in [-0.3, -0.25) is 14.4 Å². The Morgan fingerprint density at radius 1 is 1.03 bits per heavy atom. The zero-order valence-corrected chi connectivity index (χ0v) is 25.9. The summed E-state index contributed by atoms with van der Waals surface area (Å²) in [6, 6.07) is 4.30. The van der Waals surface area contributed by atoms with Crippen molar-refractivity contribution in [3.63, 3.8) is 0 Å². The normalized spacial score (nSPS) is 19.9. The summed E-state index contributed by atoms with van der Waals surface area (Å²) in [7, 11) is 0. The minimum atomic E-state index is -0.0751. The lowest BCUT2D eigenvalue weighted by Crippen LogP contribution is -2.31. The number of Topliss-reactive ketones (excluding diaryl/α,β-unsaturated/α-hetero) is 3. The van der Waals surface area contributed by atoms with Crippen LogP contribution in [0.1, 0.15) is 158 Å². The van der Waals surface area contributed by atoms with Gasteiger partial charge in [-0.25, -0.2) is 0 Å². The van der Waals surface area contributed by atoms with E-state index in [0.29, 0.717) is 18.8 Å². The summed E-state index contributed by atoms with van der Waals surface area (Å²) in [5, 5.41) is 0. The SMILES string of the molecule is CCC.CCCC(CC1CC(=O)c2c(C)ccc(C(C)C)c2C1)C(CC)C(=O)CC(=O)CC1(C)CCCC1. The molecule has 0 saturated heterocycles. The van der Waals surface area contributed by atoms with Gasteiger partial charge in [-0.1, -0.05) is 92.7 Å². The Kier molecular flexibility index (Phi) is 12.9. The van der Waals surface area contributed by atoms with E-state index in [2.05, 4.69) is 67.5 Å². The summed E-state index contributed by atoms with van der Waals surface area (Å²) < 4.78 is 0. The van der Waals surface area contributed by atoms with Crippen molar-refractivity contribution in [2.45, 2.75) is 145 Å². The fourth-order valence-electron chi connectivity index (χ4n) is 7.20. The lowest BCUT2D eigenvalue weighted by Gasteiger charge is -2.33. The fourth-order valence-corrected chi connectivity index (χ4v) is 7.20. The Labute approximate surface area is 233 Å². The van der Waals surface area contributed by atoms with Crippen molar-refractivity contribution >= 4 is 17.3 Å². The van der Waals surface area contributed by atoms with Gasteiger partial charge in [-0.2, -0.15) is 0 Å². The van der Waals surface area contributed by atoms with Crippen LogP contribution < -0.4 is 0 Å². The minimum absolute atomic E-state index is 0.0751. The second-order valence-electron chi connectivity index (χ2n) is 13.1. The molecule has 1 aromatic rings. The third-order valence-electron chi connectivity index (χ3n) is 8.95. The number of fused-ring (bicyclic) bond motifs is 1. The molecule has 3 heteroatoms. The van der Waals surface area contributed by atoms with E-state index in [9.17, 15) is 14.4 Å². The standard InChI is InChI=1S/C32H48O3.C3H8/c1-7-11-24(26(8-2)29(34)19-25(33)20-32(6)14-9-10-15-32)16-23-17-28-27(21(3)4)13-12-22(5)31(28)30(35)18-23;1-3-2/h12-13,21,23-24,26H,7-11,14-20H2,1-6H3;3H2,1-2H3. The van der Waals surface area contributed by atoms with E-state index in [0.717, 1.165) is 56.1 Å². The van der Waals surface area contributed by atoms with Crippen molar-refractivity contribution in [1.82, 2.24) is 0 Å². The smallest absolute Gasteiger partial charge is 0.163 e. The number of hydrogen-bond donors (Lipinski definition) is 0. The van der Waals surface area contributed by atoms with Crippen LogP contribution in [0.25, 0.3) is 0 Å². The maximum absolute atomic E-state index is 13.4. The number of carbonyl (C=O) groups excluding carboxylic acids is 3. The monoisotopic (exact) mass is 524 g/mol. The molecule has 0 spiro atoms. The highest BCUT2D eigenvalue weighted by Gasteiger charge is 2.36. The molecule has 3 nitrogen and oxygen atoms in total. The summed E-state index contributed by atoms with van der Waals surface area (Å²) >= 11 is 0. The van der Waals surface area contributed by atoms with Crippen molar-refractivity contribution in [3.8, 4) is 0 Å². The molecule has 0 amide bonds. The molecular formula is C35H56O3. The van der Waals surface area contributed by atoms with Gasteiger partial charge in [-0.15, -0.1) is 0 Å². The molecule has 0 aliphatic heterocycles. The van der Waals surface area contributed by atoms with Crippen LogP contribution in [0.5, 0.6) is 0 Å². The predicted octanol–water partition coefficient (Wildman–Crippen LogP) is 9.61. The van der Waals surface area contributed by atoms with Gasteiger partial charge >= 0.3 is 0 Å². The Morgan fingerprint density at radius 3 is 2.21 bits per heavy atom. The molecule has 3 rings (SSSR count). The molecule has 1 saturated carbocycles. The molecular weight excluding hydrogens is 468 g/mol. The summed E-state index contributed by atoms with van der Waals surface area (Å²) in [6.07, 6.45) is 11.7. The second-order valence-corrected chi connectivity index (χ2v) is 13.1. The molecule has 0 heterocycles. The number of hydrogen-bond acceptors (Lipinski definition) is 3. The highest BCUT2D eigenvalue weighted by atomic mass is 16.1. The molecule has 1 fully saturated rings. The number of rotatable bonds is 12. The zero-order valence-electron chi connectivity index (χ0n) is 25.9. The lowest BCUT2D eigenvalue weighted by atomic mass is 9.70. The van der Waals surface area contributed by atoms with Crippen LogP contribution in [0.15, 0.2) is 12.1 Å². The third kappa shape index (κ3) is 8.62. The Morgan fingerprint density at radius 2 is 1.66 bits per heavy atom. The van der Waals surface area contributed by atoms with Crippen LogP contribution in [0.4, 0.5) is 0 Å². The molecule has 38 heavy (non-hydrogen) atoms. The molecule has 214 valence electrons. The summed E-state index contributed by atoms with van der Waals surface area (Å²) in [5.41, 5.74) is 4.69. The van der Waals surface area contributed by atoms with Crippen molar-refractivity contribution in [3.05, 3.63) is 34.4 Å². The molecule has 0 N–H and O–H groups in total. The number of carbonyl (C=O) groups is 3. The topological polar surface area (TPSA) is 51.2 Å². The van der Waals surface area contributed by atoms with Crippen molar-refractivity contribution < 1.29 is 14.4 Å². The first-order valence-corrected chi connectivity index (χ1v) is 15.7. The Hall–Kier alpha value is -1.77. The highest BCUT2D eigenvalue weighted by molar-refractivity contribution is 6.01. The van der Waals surface area contributed by atoms with E-state index in [1.165, 1.54) is 30.4 Å². The van der Waals surface area contributed by atoms with Gasteiger partial charge in [0, 0.05) is 24.3 Å². The maximum Gasteiger partial charge on any atom is 0.163 e. The minimum Gasteiger partial charge on any atom is -0.299 e. The number of ketones is 3. The first-order valence-electron chi connectivity index (χ1n) is 15.7. The fraction of sp³-hybridized carbons (Fsp3) is 0.743. The molecule has 0 radical (unpaired) electrons. The largest absolute Gasteiger partial charge is 0.299 e. The van der Waals surface area contributed by atoms with E-state index in [1.807, 2.05) is 0 Å². The van der Waals surface area contributed by atoms with Gasteiger partial charge in [0.2, 0.25) is 0 Å². The molecule has 1 aromatic carbocycles. The summed E-state index contributed by atoms with van der Waals surface area (Å²) in [4.78, 5) is 39.5. The average Bonchev–Trinajstić information content (AvgIpc) is 3.25. The van der Waals surface area contributed by atoms with E-state index in [1.54, 1.807) is 0 Å². The van der Waals surface area contributed by atoms with Crippen LogP contribution in [-0.2, 0) is 16.0 Å². The van der Waals surface area contributed by atoms with Crippen molar-refractivity contribution in [1.29, 1.82) is 0 Å². The van der Waals surface area contributed by atoms with Crippen LogP contribution in [-0.4, -0.2) is 17.3 Å². The first kappa shape index (κ1) is 32.4. The van der Waals surface area contributed by atoms with E-state index >= 15 is 0 Å². The van der Waals surface area contributed by atoms with E-state index in [-0.39, 0.29) is 46.9 Å². The van der Waals surface area contributed by atoms with E-state index in [4.69, 9.17) is 0 Å². The van der Waals surface area contributed by atoms with Crippen molar-refractivity contribution in [2.24, 2.45) is 23.2 Å². The number of aryl methyl sites for hydroxylation is 1. The maximum atomic E-state index is 13.4. The van der Waals surface area contributed by atoms with E-state index < -0.39 is 0 Å². The van der Waals surface area contributed by atoms with Gasteiger partial charge < -0.3 is 0 Å². The molecule has 0 aromatic heterocycles. The lowest BCUT2D eigenvalue weighted by molar-refractivity contribution is -0.131. The Bertz CT molecular complexity index is 935. The van der Waals surface area contributed by atoms with Gasteiger partial charge in [0.1, 0.15) is 11.6 Å². The molecule has 3 atom stereocenters. The van der Waals surface area contributed by atoms with Gasteiger partial charge in [0.05, 0.1) is 6.42 Å². The van der Waals surface area contributed by atoms with Crippen LogP contribution >= 0.6 is 0 Å². The molecule has 2 aliphatic carbocycles. The van der Waals surface area contributed by atoms with Crippen LogP contribution in [0.3, 0.4) is 0 Å². The van der Waals surface area contributed by atoms with Crippen LogP contribution in [0.2, 0.25) is 0 Å². The van der Waals surface area contributed by atoms with Gasteiger partial charge in [0.25, 0.3) is 0 Å². The predicted molar refractivity (Wildman–Crippen MR) is 160 cm³/mol. The molecule has 2 aliphatic rings. The average molecular weight is 525 g/mol. The van der Waals surface area contributed by atoms with Crippen molar-refractivity contribution in [2.75, 3.05) is 0 Å². The third-order valence-corrected chi connectivity index (χ3v) is 8.95. The van der Waals surface area contributed by atoms with Gasteiger partial charge in [-0.05, 0) is 78.9 Å². The Balaban J connectivity index is 0.00000161. The first-order chi connectivity index (χ1) is 18.0. The van der Waals surface area contributed by atoms with Crippen LogP contribution in [0, 0.1) is 30.1 Å². The second kappa shape index (κ2) is 15.1. The molecule has 3 unspecified atom stereocenters. The molecule has 0 bridgehead atoms. The summed E-state index contributed by atoms with van der Waals surface area (Å²) in [6.45, 7) is 17.2.